The topological polar surface area (TPSA) is 52.7 Å². The largest absolute Gasteiger partial charge is 0.371 e. The SMILES string of the molecule is CCCCC(CC)C(=O)Nc1ccc(N2CCC(C)CC2)c(C(=O)N2CCCC2)c1. The highest BCUT2D eigenvalue weighted by atomic mass is 16.2. The van der Waals surface area contributed by atoms with Crippen LogP contribution in [0, 0.1) is 11.8 Å². The predicted octanol–water partition coefficient (Wildman–Crippen LogP) is 5.31. The molecule has 2 aliphatic rings. The molecular formula is C25H39N3O2. The van der Waals surface area contributed by atoms with Crippen LogP contribution in [0.4, 0.5) is 11.4 Å². The van der Waals surface area contributed by atoms with Crippen molar-refractivity contribution in [1.82, 2.24) is 4.90 Å². The van der Waals surface area contributed by atoms with Gasteiger partial charge in [-0.05, 0) is 62.6 Å². The maximum absolute atomic E-state index is 13.3. The molecule has 1 atom stereocenters. The molecule has 2 aliphatic heterocycles. The molecule has 2 amide bonds. The number of benzene rings is 1. The highest BCUT2D eigenvalue weighted by Crippen LogP contribution is 2.31. The van der Waals surface area contributed by atoms with Crippen molar-refractivity contribution >= 4 is 23.2 Å². The van der Waals surface area contributed by atoms with Gasteiger partial charge in [-0.15, -0.1) is 0 Å². The van der Waals surface area contributed by atoms with E-state index in [-0.39, 0.29) is 17.7 Å². The second-order valence-electron chi connectivity index (χ2n) is 9.14. The number of unbranched alkanes of at least 4 members (excludes halogenated alkanes) is 1. The van der Waals surface area contributed by atoms with E-state index >= 15 is 0 Å². The predicted molar refractivity (Wildman–Crippen MR) is 124 cm³/mol. The molecule has 0 saturated carbocycles. The third kappa shape index (κ3) is 5.55. The Balaban J connectivity index is 1.82. The standard InChI is InChI=1S/C25H39N3O2/c1-4-6-9-20(5-2)24(29)26-21-10-11-23(27-16-12-19(3)13-17-27)22(18-21)25(30)28-14-7-8-15-28/h10-11,18-20H,4-9,12-17H2,1-3H3,(H,26,29). The van der Waals surface area contributed by atoms with E-state index in [2.05, 4.69) is 31.0 Å². The maximum Gasteiger partial charge on any atom is 0.256 e. The number of anilines is 2. The summed E-state index contributed by atoms with van der Waals surface area (Å²) in [7, 11) is 0. The maximum atomic E-state index is 13.3. The highest BCUT2D eigenvalue weighted by molar-refractivity contribution is 6.02. The van der Waals surface area contributed by atoms with Gasteiger partial charge >= 0.3 is 0 Å². The summed E-state index contributed by atoms with van der Waals surface area (Å²) in [5.74, 6) is 0.956. The van der Waals surface area contributed by atoms with Crippen molar-refractivity contribution in [1.29, 1.82) is 0 Å². The van der Waals surface area contributed by atoms with Gasteiger partial charge in [-0.25, -0.2) is 0 Å². The van der Waals surface area contributed by atoms with E-state index in [1.54, 1.807) is 0 Å². The molecule has 2 fully saturated rings. The minimum absolute atomic E-state index is 0.0333. The van der Waals surface area contributed by atoms with Crippen molar-refractivity contribution in [2.75, 3.05) is 36.4 Å². The number of hydrogen-bond acceptors (Lipinski definition) is 3. The van der Waals surface area contributed by atoms with Crippen LogP contribution in [0.5, 0.6) is 0 Å². The van der Waals surface area contributed by atoms with Crippen LogP contribution in [0.1, 0.15) is 82.5 Å². The fourth-order valence-electron chi connectivity index (χ4n) is 4.62. The van der Waals surface area contributed by atoms with Crippen LogP contribution < -0.4 is 10.2 Å². The molecule has 0 bridgehead atoms. The monoisotopic (exact) mass is 413 g/mol. The lowest BCUT2D eigenvalue weighted by Gasteiger charge is -2.34. The Kier molecular flexibility index (Phi) is 8.17. The van der Waals surface area contributed by atoms with Crippen LogP contribution in [-0.2, 0) is 4.79 Å². The molecule has 1 N–H and O–H groups in total. The summed E-state index contributed by atoms with van der Waals surface area (Å²) < 4.78 is 0. The summed E-state index contributed by atoms with van der Waals surface area (Å²) in [6.45, 7) is 10.2. The summed E-state index contributed by atoms with van der Waals surface area (Å²) in [5, 5.41) is 3.10. The van der Waals surface area contributed by atoms with Gasteiger partial charge in [0.1, 0.15) is 0 Å². The van der Waals surface area contributed by atoms with E-state index in [4.69, 9.17) is 0 Å². The summed E-state index contributed by atoms with van der Waals surface area (Å²) in [4.78, 5) is 30.4. The van der Waals surface area contributed by atoms with Gasteiger partial charge in [-0.1, -0.05) is 33.6 Å². The van der Waals surface area contributed by atoms with E-state index < -0.39 is 0 Å². The highest BCUT2D eigenvalue weighted by Gasteiger charge is 2.26. The average molecular weight is 414 g/mol. The molecule has 0 aromatic heterocycles. The Bertz CT molecular complexity index is 719. The normalized spacial score (nSPS) is 18.5. The Hall–Kier alpha value is -2.04. The third-order valence-electron chi connectivity index (χ3n) is 6.78. The molecule has 2 saturated heterocycles. The first kappa shape index (κ1) is 22.6. The number of rotatable bonds is 8. The van der Waals surface area contributed by atoms with Gasteiger partial charge in [-0.3, -0.25) is 9.59 Å². The lowest BCUT2D eigenvalue weighted by atomic mass is 9.97. The van der Waals surface area contributed by atoms with Crippen molar-refractivity contribution in [3.63, 3.8) is 0 Å². The number of amides is 2. The van der Waals surface area contributed by atoms with Crippen LogP contribution in [0.15, 0.2) is 18.2 Å². The minimum Gasteiger partial charge on any atom is -0.371 e. The zero-order chi connectivity index (χ0) is 21.5. The molecule has 1 aromatic rings. The first-order chi connectivity index (χ1) is 14.5. The Labute approximate surface area is 182 Å². The van der Waals surface area contributed by atoms with Crippen LogP contribution >= 0.6 is 0 Å². The van der Waals surface area contributed by atoms with Crippen molar-refractivity contribution in [3.05, 3.63) is 23.8 Å². The lowest BCUT2D eigenvalue weighted by Crippen LogP contribution is -2.36. The molecule has 166 valence electrons. The van der Waals surface area contributed by atoms with Crippen molar-refractivity contribution in [3.8, 4) is 0 Å². The third-order valence-corrected chi connectivity index (χ3v) is 6.78. The van der Waals surface area contributed by atoms with Crippen LogP contribution in [-0.4, -0.2) is 42.9 Å². The molecule has 3 rings (SSSR count). The second-order valence-corrected chi connectivity index (χ2v) is 9.14. The second kappa shape index (κ2) is 10.8. The fraction of sp³-hybridized carbons (Fsp3) is 0.680. The lowest BCUT2D eigenvalue weighted by molar-refractivity contribution is -0.120. The number of piperidine rings is 1. The molecule has 1 unspecified atom stereocenters. The minimum atomic E-state index is 0.0333. The van der Waals surface area contributed by atoms with Gasteiger partial charge in [0.05, 0.1) is 5.56 Å². The van der Waals surface area contributed by atoms with E-state index in [1.165, 1.54) is 0 Å². The molecule has 30 heavy (non-hydrogen) atoms. The summed E-state index contributed by atoms with van der Waals surface area (Å²) in [5.41, 5.74) is 2.51. The van der Waals surface area contributed by atoms with Crippen molar-refractivity contribution < 1.29 is 9.59 Å². The number of likely N-dealkylation sites (tertiary alicyclic amines) is 1. The van der Waals surface area contributed by atoms with Gasteiger partial charge < -0.3 is 15.1 Å². The molecule has 5 nitrogen and oxygen atoms in total. The smallest absolute Gasteiger partial charge is 0.256 e. The fourth-order valence-corrected chi connectivity index (χ4v) is 4.62. The van der Waals surface area contributed by atoms with E-state index in [0.29, 0.717) is 0 Å². The zero-order valence-electron chi connectivity index (χ0n) is 19.1. The van der Waals surface area contributed by atoms with E-state index in [9.17, 15) is 9.59 Å². The summed E-state index contributed by atoms with van der Waals surface area (Å²) in [6, 6.07) is 5.93. The van der Waals surface area contributed by atoms with Gasteiger partial charge in [0.25, 0.3) is 5.91 Å². The number of carbonyl (C=O) groups excluding carboxylic acids is 2. The number of carbonyl (C=O) groups is 2. The Morgan fingerprint density at radius 1 is 1.10 bits per heavy atom. The molecule has 2 heterocycles. The summed E-state index contributed by atoms with van der Waals surface area (Å²) >= 11 is 0. The average Bonchev–Trinajstić information content (AvgIpc) is 3.29. The van der Waals surface area contributed by atoms with Gasteiger partial charge in [0.2, 0.25) is 5.91 Å². The molecule has 0 radical (unpaired) electrons. The van der Waals surface area contributed by atoms with Gasteiger partial charge in [0, 0.05) is 43.5 Å². The quantitative estimate of drug-likeness (QED) is 0.628. The van der Waals surface area contributed by atoms with Crippen molar-refractivity contribution in [2.24, 2.45) is 11.8 Å². The number of nitrogens with one attached hydrogen (secondary N) is 1. The first-order valence-corrected chi connectivity index (χ1v) is 12.0. The molecule has 0 spiro atoms. The van der Waals surface area contributed by atoms with Gasteiger partial charge in [-0.2, -0.15) is 0 Å². The molecular weight excluding hydrogens is 374 g/mol. The molecule has 5 heteroatoms. The number of nitrogens with zero attached hydrogens (tertiary/aromatic N) is 2. The first-order valence-electron chi connectivity index (χ1n) is 12.0. The van der Waals surface area contributed by atoms with Crippen molar-refractivity contribution in [2.45, 2.75) is 72.1 Å². The zero-order valence-corrected chi connectivity index (χ0v) is 19.1. The number of hydrogen-bond donors (Lipinski definition) is 1. The molecule has 0 aliphatic carbocycles. The van der Waals surface area contributed by atoms with Gasteiger partial charge in [0.15, 0.2) is 0 Å². The summed E-state index contributed by atoms with van der Waals surface area (Å²) in [6.07, 6.45) is 8.40. The van der Waals surface area contributed by atoms with E-state index in [0.717, 1.165) is 100 Å². The Morgan fingerprint density at radius 2 is 1.80 bits per heavy atom. The van der Waals surface area contributed by atoms with E-state index in [1.807, 2.05) is 23.1 Å². The Morgan fingerprint density at radius 3 is 2.43 bits per heavy atom. The molecule has 1 aromatic carbocycles. The van der Waals surface area contributed by atoms with Crippen LogP contribution in [0.2, 0.25) is 0 Å². The van der Waals surface area contributed by atoms with Crippen LogP contribution in [0.3, 0.4) is 0 Å². The van der Waals surface area contributed by atoms with Crippen LogP contribution in [0.25, 0.3) is 0 Å².